The molecule has 0 spiro atoms. The first-order valence-electron chi connectivity index (χ1n) is 2.56. The molecule has 0 aromatic carbocycles. The third-order valence-electron chi connectivity index (χ3n) is 0.749. The molecule has 0 radical (unpaired) electrons. The molecular formula is C4H9NOSSi. The second-order valence-corrected chi connectivity index (χ2v) is 3.09. The van der Waals surface area contributed by atoms with Crippen molar-refractivity contribution >= 4 is 29.0 Å². The molecule has 1 unspecified atom stereocenters. The minimum atomic E-state index is -0.106. The standard InChI is InChI=1S/C4H9NOSSi/c6-3-5-4(7)1-2-8/h4,7H,1-2H2,8H3. The lowest BCUT2D eigenvalue weighted by atomic mass is 10.5. The molecule has 0 aliphatic carbocycles. The number of aliphatic imine (C=N–C) groups is 1. The van der Waals surface area contributed by atoms with Crippen LogP contribution in [0.2, 0.25) is 6.04 Å². The van der Waals surface area contributed by atoms with Gasteiger partial charge in [-0.25, -0.2) is 4.79 Å². The van der Waals surface area contributed by atoms with E-state index in [2.05, 4.69) is 17.6 Å². The average molecular weight is 147 g/mol. The molecule has 0 aromatic rings. The van der Waals surface area contributed by atoms with Crippen LogP contribution in [0.3, 0.4) is 0 Å². The van der Waals surface area contributed by atoms with Gasteiger partial charge < -0.3 is 0 Å². The van der Waals surface area contributed by atoms with Gasteiger partial charge >= 0.3 is 0 Å². The van der Waals surface area contributed by atoms with Crippen LogP contribution in [0.4, 0.5) is 0 Å². The van der Waals surface area contributed by atoms with Gasteiger partial charge in [-0.1, -0.05) is 6.04 Å². The number of carbonyl (C=O) groups excluding carboxylic acids is 1. The maximum Gasteiger partial charge on any atom is 0.236 e. The fourth-order valence-electron chi connectivity index (χ4n) is 0.384. The Balaban J connectivity index is 3.31. The Morgan fingerprint density at radius 2 is 2.50 bits per heavy atom. The van der Waals surface area contributed by atoms with Crippen LogP contribution in [-0.4, -0.2) is 21.7 Å². The van der Waals surface area contributed by atoms with Crippen molar-refractivity contribution in [2.75, 3.05) is 0 Å². The molecule has 0 bridgehead atoms. The van der Waals surface area contributed by atoms with Crippen LogP contribution in [0.1, 0.15) is 6.42 Å². The van der Waals surface area contributed by atoms with Gasteiger partial charge in [0.1, 0.15) is 5.37 Å². The molecule has 1 atom stereocenters. The van der Waals surface area contributed by atoms with Crippen molar-refractivity contribution in [3.8, 4) is 0 Å². The molecule has 0 heterocycles. The maximum absolute atomic E-state index is 9.56. The summed E-state index contributed by atoms with van der Waals surface area (Å²) in [6.45, 7) is 0. The fourth-order valence-corrected chi connectivity index (χ4v) is 1.72. The number of isocyanates is 1. The highest BCUT2D eigenvalue weighted by Crippen LogP contribution is 2.02. The molecule has 0 aliphatic rings. The zero-order valence-electron chi connectivity index (χ0n) is 4.79. The summed E-state index contributed by atoms with van der Waals surface area (Å²) < 4.78 is 0. The summed E-state index contributed by atoms with van der Waals surface area (Å²) in [5, 5.41) is -0.106. The third kappa shape index (κ3) is 4.12. The molecule has 0 saturated heterocycles. The monoisotopic (exact) mass is 147 g/mol. The highest BCUT2D eigenvalue weighted by atomic mass is 32.1. The number of thiol groups is 1. The highest BCUT2D eigenvalue weighted by Gasteiger charge is 1.93. The van der Waals surface area contributed by atoms with E-state index in [1.165, 1.54) is 6.08 Å². The van der Waals surface area contributed by atoms with Crippen molar-refractivity contribution in [1.82, 2.24) is 0 Å². The SMILES string of the molecule is O=C=NC(S)CC[SiH3]. The summed E-state index contributed by atoms with van der Waals surface area (Å²) in [6.07, 6.45) is 2.37. The molecule has 0 rings (SSSR count). The Bertz CT molecular complexity index is 102. The first-order valence-corrected chi connectivity index (χ1v) is 4.49. The summed E-state index contributed by atoms with van der Waals surface area (Å²) in [4.78, 5) is 13.0. The number of rotatable bonds is 3. The first-order chi connectivity index (χ1) is 3.81. The van der Waals surface area contributed by atoms with Crippen LogP contribution in [0.15, 0.2) is 4.99 Å². The summed E-state index contributed by atoms with van der Waals surface area (Å²) >= 11 is 3.98. The van der Waals surface area contributed by atoms with Crippen LogP contribution >= 0.6 is 12.6 Å². The molecule has 46 valence electrons. The molecule has 0 amide bonds. The quantitative estimate of drug-likeness (QED) is 0.254. The zero-order valence-corrected chi connectivity index (χ0v) is 7.69. The Morgan fingerprint density at radius 3 is 2.88 bits per heavy atom. The molecule has 0 saturated carbocycles. The Morgan fingerprint density at radius 1 is 1.88 bits per heavy atom. The van der Waals surface area contributed by atoms with E-state index >= 15 is 0 Å². The molecule has 0 aliphatic heterocycles. The van der Waals surface area contributed by atoms with Gasteiger partial charge in [0.2, 0.25) is 6.08 Å². The van der Waals surface area contributed by atoms with Crippen LogP contribution in [0, 0.1) is 0 Å². The lowest BCUT2D eigenvalue weighted by Crippen LogP contribution is -1.91. The molecule has 8 heavy (non-hydrogen) atoms. The topological polar surface area (TPSA) is 29.4 Å². The number of hydrogen-bond donors (Lipinski definition) is 1. The van der Waals surface area contributed by atoms with Crippen LogP contribution < -0.4 is 0 Å². The van der Waals surface area contributed by atoms with E-state index in [-0.39, 0.29) is 5.37 Å². The van der Waals surface area contributed by atoms with E-state index in [0.717, 1.165) is 22.7 Å². The van der Waals surface area contributed by atoms with Crippen LogP contribution in [-0.2, 0) is 4.79 Å². The van der Waals surface area contributed by atoms with Crippen LogP contribution in [0.25, 0.3) is 0 Å². The summed E-state index contributed by atoms with van der Waals surface area (Å²) in [6, 6.07) is 1.14. The third-order valence-corrected chi connectivity index (χ3v) is 1.70. The van der Waals surface area contributed by atoms with E-state index < -0.39 is 0 Å². The Labute approximate surface area is 57.2 Å². The van der Waals surface area contributed by atoms with Gasteiger partial charge in [0.05, 0.1) is 0 Å². The molecule has 0 aromatic heterocycles. The molecule has 2 nitrogen and oxygen atoms in total. The zero-order chi connectivity index (χ0) is 6.41. The Hall–Kier alpha value is -0.0531. The van der Waals surface area contributed by atoms with Crippen LogP contribution in [0.5, 0.6) is 0 Å². The smallest absolute Gasteiger partial charge is 0.211 e. The van der Waals surface area contributed by atoms with Crippen molar-refractivity contribution in [3.05, 3.63) is 0 Å². The van der Waals surface area contributed by atoms with Gasteiger partial charge in [0.15, 0.2) is 0 Å². The molecule has 0 fully saturated rings. The van der Waals surface area contributed by atoms with Gasteiger partial charge in [-0.2, -0.15) is 17.6 Å². The van der Waals surface area contributed by atoms with Crippen molar-refractivity contribution in [1.29, 1.82) is 0 Å². The normalized spacial score (nSPS) is 12.6. The second-order valence-electron chi connectivity index (χ2n) is 1.49. The molecular weight excluding hydrogens is 138 g/mol. The maximum atomic E-state index is 9.56. The van der Waals surface area contributed by atoms with Gasteiger partial charge in [0.25, 0.3) is 0 Å². The summed E-state index contributed by atoms with van der Waals surface area (Å²) in [5.41, 5.74) is 0. The summed E-state index contributed by atoms with van der Waals surface area (Å²) in [7, 11) is 1.16. The predicted octanol–water partition coefficient (Wildman–Crippen LogP) is -0.248. The minimum absolute atomic E-state index is 0.106. The van der Waals surface area contributed by atoms with Crippen molar-refractivity contribution in [3.63, 3.8) is 0 Å². The van der Waals surface area contributed by atoms with Gasteiger partial charge in [-0.3, -0.25) is 0 Å². The van der Waals surface area contributed by atoms with E-state index in [9.17, 15) is 4.79 Å². The molecule has 0 N–H and O–H groups in total. The largest absolute Gasteiger partial charge is 0.236 e. The minimum Gasteiger partial charge on any atom is -0.211 e. The van der Waals surface area contributed by atoms with E-state index in [0.29, 0.717) is 0 Å². The van der Waals surface area contributed by atoms with Crippen molar-refractivity contribution < 1.29 is 4.79 Å². The average Bonchev–Trinajstić information content (AvgIpc) is 1.68. The predicted molar refractivity (Wildman–Crippen MR) is 40.3 cm³/mol. The number of nitrogens with zero attached hydrogens (tertiary/aromatic N) is 1. The van der Waals surface area contributed by atoms with E-state index in [4.69, 9.17) is 0 Å². The van der Waals surface area contributed by atoms with Gasteiger partial charge in [0, 0.05) is 10.2 Å². The summed E-state index contributed by atoms with van der Waals surface area (Å²) in [5.74, 6) is 0. The lowest BCUT2D eigenvalue weighted by molar-refractivity contribution is 0.562. The van der Waals surface area contributed by atoms with Gasteiger partial charge in [-0.15, -0.1) is 0 Å². The van der Waals surface area contributed by atoms with E-state index in [1.807, 2.05) is 0 Å². The first kappa shape index (κ1) is 7.95. The van der Waals surface area contributed by atoms with E-state index in [1.54, 1.807) is 0 Å². The molecule has 4 heteroatoms. The number of hydrogen-bond acceptors (Lipinski definition) is 3. The van der Waals surface area contributed by atoms with Crippen molar-refractivity contribution in [2.45, 2.75) is 17.8 Å². The van der Waals surface area contributed by atoms with Gasteiger partial charge in [-0.05, 0) is 6.42 Å². The fraction of sp³-hybridized carbons (Fsp3) is 0.750. The second kappa shape index (κ2) is 5.09. The lowest BCUT2D eigenvalue weighted by Gasteiger charge is -1.95. The Kier molecular flexibility index (Phi) is 5.06. The highest BCUT2D eigenvalue weighted by molar-refractivity contribution is 7.80. The van der Waals surface area contributed by atoms with Crippen molar-refractivity contribution in [2.24, 2.45) is 4.99 Å².